The van der Waals surface area contributed by atoms with Crippen LogP contribution in [0.25, 0.3) is 0 Å². The number of aliphatic imine (C=N–C) groups is 1. The molecule has 52 valence electrons. The van der Waals surface area contributed by atoms with Crippen molar-refractivity contribution in [2.75, 3.05) is 0 Å². The van der Waals surface area contributed by atoms with Gasteiger partial charge < -0.3 is 0 Å². The molecular formula is C7H9N3. The maximum absolute atomic E-state index is 3.99. The minimum Gasteiger partial charge on any atom is -0.298 e. The molecule has 0 unspecified atom stereocenters. The lowest BCUT2D eigenvalue weighted by Gasteiger charge is -2.12. The van der Waals surface area contributed by atoms with Crippen molar-refractivity contribution in [1.29, 1.82) is 0 Å². The van der Waals surface area contributed by atoms with E-state index in [1.807, 2.05) is 0 Å². The first kappa shape index (κ1) is 6.61. The van der Waals surface area contributed by atoms with Crippen LogP contribution in [0.1, 0.15) is 0 Å². The van der Waals surface area contributed by atoms with Gasteiger partial charge in [0.05, 0.1) is 11.4 Å². The van der Waals surface area contributed by atoms with Crippen LogP contribution in [0.4, 0.5) is 0 Å². The van der Waals surface area contributed by atoms with Gasteiger partial charge in [0.2, 0.25) is 0 Å². The number of nitrogens with one attached hydrogen (secondary N) is 2. The smallest absolute Gasteiger partial charge is 0.107 e. The van der Waals surface area contributed by atoms with E-state index in [4.69, 9.17) is 0 Å². The van der Waals surface area contributed by atoms with E-state index in [1.54, 1.807) is 18.5 Å². The van der Waals surface area contributed by atoms with Crippen molar-refractivity contribution < 1.29 is 0 Å². The Morgan fingerprint density at radius 3 is 2.70 bits per heavy atom. The molecule has 1 aliphatic rings. The van der Waals surface area contributed by atoms with Gasteiger partial charge in [-0.25, -0.2) is 4.99 Å². The van der Waals surface area contributed by atoms with Crippen molar-refractivity contribution in [3.63, 3.8) is 0 Å². The Kier molecular flexibility index (Phi) is 1.89. The zero-order valence-electron chi connectivity index (χ0n) is 5.59. The third-order valence-electron chi connectivity index (χ3n) is 1.15. The van der Waals surface area contributed by atoms with E-state index in [0.29, 0.717) is 0 Å². The van der Waals surface area contributed by atoms with Crippen LogP contribution in [-0.4, -0.2) is 6.34 Å². The minimum absolute atomic E-state index is 0.800. The first-order chi connectivity index (χ1) is 4.88. The Hall–Kier alpha value is -1.51. The Morgan fingerprint density at radius 1 is 1.40 bits per heavy atom. The Bertz CT molecular complexity index is 213. The summed E-state index contributed by atoms with van der Waals surface area (Å²) in [4.78, 5) is 3.99. The van der Waals surface area contributed by atoms with Crippen LogP contribution < -0.4 is 10.9 Å². The van der Waals surface area contributed by atoms with Gasteiger partial charge in [0.15, 0.2) is 0 Å². The molecule has 1 rings (SSSR count). The lowest BCUT2D eigenvalue weighted by Crippen LogP contribution is -2.32. The first-order valence-electron chi connectivity index (χ1n) is 2.91. The van der Waals surface area contributed by atoms with Crippen molar-refractivity contribution >= 4 is 6.34 Å². The highest BCUT2D eigenvalue weighted by atomic mass is 15.4. The van der Waals surface area contributed by atoms with Gasteiger partial charge in [-0.3, -0.25) is 10.9 Å². The monoisotopic (exact) mass is 135 g/mol. The number of rotatable bonds is 2. The molecule has 0 aromatic heterocycles. The Labute approximate surface area is 59.8 Å². The van der Waals surface area contributed by atoms with Crippen LogP contribution in [0.2, 0.25) is 0 Å². The summed E-state index contributed by atoms with van der Waals surface area (Å²) < 4.78 is 0. The molecule has 1 aliphatic heterocycles. The van der Waals surface area contributed by atoms with E-state index in [9.17, 15) is 0 Å². The van der Waals surface area contributed by atoms with E-state index in [2.05, 4.69) is 29.0 Å². The molecule has 0 aromatic carbocycles. The molecule has 2 N–H and O–H groups in total. The number of hydrazine groups is 1. The average molecular weight is 135 g/mol. The average Bonchev–Trinajstić information content (AvgIpc) is 2.04. The zero-order valence-corrected chi connectivity index (χ0v) is 5.59. The number of hydrogen-bond donors (Lipinski definition) is 2. The van der Waals surface area contributed by atoms with Gasteiger partial charge in [0.25, 0.3) is 0 Å². The SMILES string of the molecule is C=CC1=C(C=C)NNC=N1. The van der Waals surface area contributed by atoms with E-state index in [-0.39, 0.29) is 0 Å². The van der Waals surface area contributed by atoms with Gasteiger partial charge in [-0.15, -0.1) is 0 Å². The van der Waals surface area contributed by atoms with E-state index in [1.165, 1.54) is 0 Å². The van der Waals surface area contributed by atoms with E-state index in [0.717, 1.165) is 11.4 Å². The topological polar surface area (TPSA) is 36.4 Å². The van der Waals surface area contributed by atoms with Crippen molar-refractivity contribution in [1.82, 2.24) is 10.9 Å². The highest BCUT2D eigenvalue weighted by molar-refractivity contribution is 5.59. The molecule has 0 radical (unpaired) electrons. The molecule has 0 aromatic rings. The summed E-state index contributed by atoms with van der Waals surface area (Å²) in [5.74, 6) is 0. The summed E-state index contributed by atoms with van der Waals surface area (Å²) in [5, 5.41) is 0. The number of nitrogens with zero attached hydrogens (tertiary/aromatic N) is 1. The van der Waals surface area contributed by atoms with Gasteiger partial charge in [-0.1, -0.05) is 13.2 Å². The summed E-state index contributed by atoms with van der Waals surface area (Å²) in [6.07, 6.45) is 4.91. The van der Waals surface area contributed by atoms with Crippen LogP contribution in [0, 0.1) is 0 Å². The molecule has 0 bridgehead atoms. The lowest BCUT2D eigenvalue weighted by molar-refractivity contribution is 0.772. The lowest BCUT2D eigenvalue weighted by atomic mass is 10.3. The second-order valence-corrected chi connectivity index (χ2v) is 1.73. The molecule has 0 saturated heterocycles. The predicted molar refractivity (Wildman–Crippen MR) is 42.2 cm³/mol. The van der Waals surface area contributed by atoms with E-state index < -0.39 is 0 Å². The summed E-state index contributed by atoms with van der Waals surface area (Å²) in [5.41, 5.74) is 7.24. The molecule has 0 atom stereocenters. The van der Waals surface area contributed by atoms with Crippen LogP contribution in [0.3, 0.4) is 0 Å². The molecule has 3 heteroatoms. The summed E-state index contributed by atoms with van der Waals surface area (Å²) in [6.45, 7) is 7.20. The van der Waals surface area contributed by atoms with Gasteiger partial charge in [-0.2, -0.15) is 0 Å². The fourth-order valence-electron chi connectivity index (χ4n) is 0.664. The van der Waals surface area contributed by atoms with Crippen LogP contribution in [0.5, 0.6) is 0 Å². The van der Waals surface area contributed by atoms with Crippen LogP contribution in [0.15, 0.2) is 41.7 Å². The van der Waals surface area contributed by atoms with Crippen molar-refractivity contribution in [2.45, 2.75) is 0 Å². The summed E-state index contributed by atoms with van der Waals surface area (Å²) >= 11 is 0. The molecule has 0 spiro atoms. The molecule has 0 fully saturated rings. The third kappa shape index (κ3) is 1.07. The molecule has 0 saturated carbocycles. The normalized spacial score (nSPS) is 15.6. The summed E-state index contributed by atoms with van der Waals surface area (Å²) in [6, 6.07) is 0. The number of allylic oxidation sites excluding steroid dienone is 2. The quantitative estimate of drug-likeness (QED) is 0.585. The second kappa shape index (κ2) is 2.87. The molecule has 1 heterocycles. The highest BCUT2D eigenvalue weighted by Gasteiger charge is 1.99. The number of hydrogen-bond acceptors (Lipinski definition) is 3. The fraction of sp³-hybridized carbons (Fsp3) is 0. The van der Waals surface area contributed by atoms with E-state index >= 15 is 0 Å². The van der Waals surface area contributed by atoms with Crippen molar-refractivity contribution in [3.05, 3.63) is 36.7 Å². The van der Waals surface area contributed by atoms with Crippen molar-refractivity contribution in [2.24, 2.45) is 4.99 Å². The van der Waals surface area contributed by atoms with Gasteiger partial charge in [0.1, 0.15) is 6.34 Å². The van der Waals surface area contributed by atoms with Gasteiger partial charge >= 0.3 is 0 Å². The molecule has 0 aliphatic carbocycles. The molecular weight excluding hydrogens is 126 g/mol. The summed E-state index contributed by atoms with van der Waals surface area (Å²) in [7, 11) is 0. The van der Waals surface area contributed by atoms with Gasteiger partial charge in [0, 0.05) is 0 Å². The standard InChI is InChI=1S/C7H9N3/c1-3-6-7(4-2)10-9-5-8-6/h3-5,10H,1-2H2,(H,8,9). The third-order valence-corrected chi connectivity index (χ3v) is 1.15. The molecule has 3 nitrogen and oxygen atoms in total. The molecule has 10 heavy (non-hydrogen) atoms. The maximum atomic E-state index is 3.99. The Morgan fingerprint density at radius 2 is 2.20 bits per heavy atom. The second-order valence-electron chi connectivity index (χ2n) is 1.73. The highest BCUT2D eigenvalue weighted by Crippen LogP contribution is 2.05. The fourth-order valence-corrected chi connectivity index (χ4v) is 0.664. The van der Waals surface area contributed by atoms with Gasteiger partial charge in [-0.05, 0) is 12.2 Å². The largest absolute Gasteiger partial charge is 0.298 e. The van der Waals surface area contributed by atoms with Crippen molar-refractivity contribution in [3.8, 4) is 0 Å². The minimum atomic E-state index is 0.800. The maximum Gasteiger partial charge on any atom is 0.107 e. The predicted octanol–water partition coefficient (Wildman–Crippen LogP) is 0.706. The molecule has 0 amide bonds. The zero-order chi connectivity index (χ0) is 7.40. The Balaban J connectivity index is 2.94. The first-order valence-corrected chi connectivity index (χ1v) is 2.91. The van der Waals surface area contributed by atoms with Crippen LogP contribution in [-0.2, 0) is 0 Å². The van der Waals surface area contributed by atoms with Crippen LogP contribution >= 0.6 is 0 Å².